The highest BCUT2D eigenvalue weighted by atomic mass is 16.2. The standard InChI is InChI=1S/C18H24N4O2/c1-19-9-10-22(16(13-19)14-7-5-4-6-8-14)12-15-11-20(2)18(24)21(3)17(15)23/h4-8,11,16H,9-10,12-13H2,1-3H3/t16-/m1/s1. The second-order valence-corrected chi connectivity index (χ2v) is 6.57. The van der Waals surface area contributed by atoms with E-state index in [1.807, 2.05) is 18.2 Å². The summed E-state index contributed by atoms with van der Waals surface area (Å²) in [5.74, 6) is 0. The zero-order valence-corrected chi connectivity index (χ0v) is 14.5. The number of piperazine rings is 1. The number of benzene rings is 1. The lowest BCUT2D eigenvalue weighted by Gasteiger charge is -2.40. The fourth-order valence-corrected chi connectivity index (χ4v) is 3.35. The van der Waals surface area contributed by atoms with E-state index >= 15 is 0 Å². The van der Waals surface area contributed by atoms with Crippen LogP contribution >= 0.6 is 0 Å². The van der Waals surface area contributed by atoms with Crippen molar-refractivity contribution in [3.63, 3.8) is 0 Å². The Morgan fingerprint density at radius 2 is 1.75 bits per heavy atom. The van der Waals surface area contributed by atoms with Crippen molar-refractivity contribution in [2.75, 3.05) is 26.7 Å². The van der Waals surface area contributed by atoms with E-state index in [-0.39, 0.29) is 17.3 Å². The summed E-state index contributed by atoms with van der Waals surface area (Å²) in [6.45, 7) is 3.34. The molecule has 1 aromatic carbocycles. The SMILES string of the molecule is CN1CCN(Cc2cn(C)c(=O)n(C)c2=O)[C@@H](c2ccccc2)C1. The van der Waals surface area contributed by atoms with Crippen LogP contribution in [0.5, 0.6) is 0 Å². The van der Waals surface area contributed by atoms with E-state index in [0.717, 1.165) is 19.6 Å². The number of aromatic nitrogens is 2. The van der Waals surface area contributed by atoms with Crippen LogP contribution in [0.2, 0.25) is 0 Å². The van der Waals surface area contributed by atoms with E-state index in [2.05, 4.69) is 29.0 Å². The third-order valence-corrected chi connectivity index (χ3v) is 4.77. The Hall–Kier alpha value is -2.18. The maximum atomic E-state index is 12.4. The molecule has 0 bridgehead atoms. The molecule has 6 heteroatoms. The van der Waals surface area contributed by atoms with Crippen LogP contribution in [0, 0.1) is 0 Å². The highest BCUT2D eigenvalue weighted by Crippen LogP contribution is 2.25. The minimum Gasteiger partial charge on any atom is -0.303 e. The van der Waals surface area contributed by atoms with Gasteiger partial charge in [-0.3, -0.25) is 14.3 Å². The Kier molecular flexibility index (Phi) is 4.69. The summed E-state index contributed by atoms with van der Waals surface area (Å²) in [4.78, 5) is 28.9. The van der Waals surface area contributed by atoms with Gasteiger partial charge in [0, 0.05) is 58.1 Å². The Balaban J connectivity index is 1.93. The molecule has 6 nitrogen and oxygen atoms in total. The van der Waals surface area contributed by atoms with Crippen molar-refractivity contribution in [1.82, 2.24) is 18.9 Å². The molecule has 2 heterocycles. The van der Waals surface area contributed by atoms with Crippen LogP contribution in [-0.2, 0) is 20.6 Å². The summed E-state index contributed by atoms with van der Waals surface area (Å²) < 4.78 is 2.66. The van der Waals surface area contributed by atoms with Gasteiger partial charge in [-0.25, -0.2) is 4.79 Å². The van der Waals surface area contributed by atoms with Gasteiger partial charge in [0.05, 0.1) is 0 Å². The number of likely N-dealkylation sites (N-methyl/N-ethyl adjacent to an activating group) is 1. The second-order valence-electron chi connectivity index (χ2n) is 6.57. The molecule has 1 saturated heterocycles. The van der Waals surface area contributed by atoms with E-state index < -0.39 is 0 Å². The van der Waals surface area contributed by atoms with E-state index in [9.17, 15) is 9.59 Å². The van der Waals surface area contributed by atoms with Gasteiger partial charge in [0.25, 0.3) is 5.56 Å². The van der Waals surface area contributed by atoms with Gasteiger partial charge >= 0.3 is 5.69 Å². The fourth-order valence-electron chi connectivity index (χ4n) is 3.35. The Bertz CT molecular complexity index is 825. The Morgan fingerprint density at radius 3 is 2.46 bits per heavy atom. The molecule has 0 amide bonds. The van der Waals surface area contributed by atoms with Crippen LogP contribution in [0.3, 0.4) is 0 Å². The van der Waals surface area contributed by atoms with Gasteiger partial charge < -0.3 is 9.47 Å². The van der Waals surface area contributed by atoms with Crippen LogP contribution in [0.15, 0.2) is 46.1 Å². The van der Waals surface area contributed by atoms with Crippen LogP contribution in [0.1, 0.15) is 17.2 Å². The van der Waals surface area contributed by atoms with Crippen molar-refractivity contribution in [3.8, 4) is 0 Å². The van der Waals surface area contributed by atoms with Crippen LogP contribution < -0.4 is 11.2 Å². The molecule has 0 radical (unpaired) electrons. The Labute approximate surface area is 141 Å². The smallest absolute Gasteiger partial charge is 0.303 e. The summed E-state index contributed by atoms with van der Waals surface area (Å²) in [5.41, 5.74) is 1.42. The molecule has 0 unspecified atom stereocenters. The molecule has 1 aliphatic heterocycles. The number of aryl methyl sites for hydroxylation is 1. The third-order valence-electron chi connectivity index (χ3n) is 4.77. The Morgan fingerprint density at radius 1 is 1.04 bits per heavy atom. The van der Waals surface area contributed by atoms with Crippen molar-refractivity contribution in [3.05, 3.63) is 68.5 Å². The molecular weight excluding hydrogens is 304 g/mol. The molecule has 0 spiro atoms. The molecule has 2 aromatic rings. The van der Waals surface area contributed by atoms with Gasteiger partial charge in [0.15, 0.2) is 0 Å². The van der Waals surface area contributed by atoms with Crippen molar-refractivity contribution >= 4 is 0 Å². The molecule has 24 heavy (non-hydrogen) atoms. The molecular formula is C18H24N4O2. The van der Waals surface area contributed by atoms with Gasteiger partial charge in [-0.15, -0.1) is 0 Å². The fraction of sp³-hybridized carbons (Fsp3) is 0.444. The summed E-state index contributed by atoms with van der Waals surface area (Å²) in [6.07, 6.45) is 1.67. The molecule has 128 valence electrons. The largest absolute Gasteiger partial charge is 0.330 e. The van der Waals surface area contributed by atoms with Gasteiger partial charge in [-0.1, -0.05) is 30.3 Å². The lowest BCUT2D eigenvalue weighted by atomic mass is 10.0. The molecule has 0 saturated carbocycles. The lowest BCUT2D eigenvalue weighted by Crippen LogP contribution is -2.48. The molecule has 1 atom stereocenters. The van der Waals surface area contributed by atoms with E-state index in [0.29, 0.717) is 12.1 Å². The van der Waals surface area contributed by atoms with Crippen molar-refractivity contribution < 1.29 is 0 Å². The molecule has 1 fully saturated rings. The summed E-state index contributed by atoms with van der Waals surface area (Å²) in [6, 6.07) is 10.6. The second kappa shape index (κ2) is 6.75. The highest BCUT2D eigenvalue weighted by molar-refractivity contribution is 5.20. The highest BCUT2D eigenvalue weighted by Gasteiger charge is 2.27. The average molecular weight is 328 g/mol. The number of hydrogen-bond acceptors (Lipinski definition) is 4. The number of rotatable bonds is 3. The zero-order valence-electron chi connectivity index (χ0n) is 14.5. The average Bonchev–Trinajstić information content (AvgIpc) is 2.60. The van der Waals surface area contributed by atoms with E-state index in [1.165, 1.54) is 21.7 Å². The van der Waals surface area contributed by atoms with E-state index in [4.69, 9.17) is 0 Å². The minimum atomic E-state index is -0.290. The summed E-state index contributed by atoms with van der Waals surface area (Å²) in [5, 5.41) is 0. The van der Waals surface area contributed by atoms with Gasteiger partial charge in [0.2, 0.25) is 0 Å². The molecule has 0 aliphatic carbocycles. The van der Waals surface area contributed by atoms with Gasteiger partial charge in [0.1, 0.15) is 0 Å². The number of hydrogen-bond donors (Lipinski definition) is 0. The molecule has 1 aromatic heterocycles. The van der Waals surface area contributed by atoms with Gasteiger partial charge in [-0.2, -0.15) is 0 Å². The maximum absolute atomic E-state index is 12.4. The summed E-state index contributed by atoms with van der Waals surface area (Å²) in [7, 11) is 5.34. The first-order valence-corrected chi connectivity index (χ1v) is 8.20. The van der Waals surface area contributed by atoms with E-state index in [1.54, 1.807) is 13.2 Å². The van der Waals surface area contributed by atoms with Crippen molar-refractivity contribution in [2.24, 2.45) is 14.1 Å². The predicted octanol–water partition coefficient (Wildman–Crippen LogP) is 0.573. The minimum absolute atomic E-state index is 0.205. The first-order valence-electron chi connectivity index (χ1n) is 8.20. The topological polar surface area (TPSA) is 50.5 Å². The summed E-state index contributed by atoms with van der Waals surface area (Å²) >= 11 is 0. The lowest BCUT2D eigenvalue weighted by molar-refractivity contribution is 0.0826. The monoisotopic (exact) mass is 328 g/mol. The van der Waals surface area contributed by atoms with Crippen LogP contribution in [0.4, 0.5) is 0 Å². The van der Waals surface area contributed by atoms with Crippen molar-refractivity contribution in [1.29, 1.82) is 0 Å². The maximum Gasteiger partial charge on any atom is 0.330 e. The molecule has 0 N–H and O–H groups in total. The first-order chi connectivity index (χ1) is 11.5. The molecule has 3 rings (SSSR count). The molecule has 1 aliphatic rings. The van der Waals surface area contributed by atoms with Crippen molar-refractivity contribution in [2.45, 2.75) is 12.6 Å². The third kappa shape index (κ3) is 3.20. The first kappa shape index (κ1) is 16.7. The van der Waals surface area contributed by atoms with Gasteiger partial charge in [-0.05, 0) is 12.6 Å². The normalized spacial score (nSPS) is 19.5. The quantitative estimate of drug-likeness (QED) is 0.827. The zero-order chi connectivity index (χ0) is 17.3. The van der Waals surface area contributed by atoms with Crippen LogP contribution in [0.25, 0.3) is 0 Å². The number of nitrogens with zero attached hydrogens (tertiary/aromatic N) is 4. The van der Waals surface area contributed by atoms with Crippen LogP contribution in [-0.4, -0.2) is 45.6 Å². The predicted molar refractivity (Wildman–Crippen MR) is 94.0 cm³/mol.